The van der Waals surface area contributed by atoms with Crippen LogP contribution in [0.25, 0.3) is 0 Å². The molecule has 3 aliphatic rings. The van der Waals surface area contributed by atoms with Crippen molar-refractivity contribution in [2.75, 3.05) is 6.61 Å². The van der Waals surface area contributed by atoms with Crippen LogP contribution in [0.2, 0.25) is 0 Å². The van der Waals surface area contributed by atoms with E-state index in [1.165, 1.54) is 0 Å². The van der Waals surface area contributed by atoms with Crippen LogP contribution in [0.3, 0.4) is 0 Å². The molecule has 2 aliphatic heterocycles. The lowest BCUT2D eigenvalue weighted by Crippen LogP contribution is -2.32. The summed E-state index contributed by atoms with van der Waals surface area (Å²) in [5, 5.41) is 9.39. The van der Waals surface area contributed by atoms with Gasteiger partial charge in [0.15, 0.2) is 0 Å². The highest BCUT2D eigenvalue weighted by Gasteiger charge is 2.61. The number of ether oxygens (including phenoxy) is 2. The van der Waals surface area contributed by atoms with Crippen molar-refractivity contribution in [2.24, 2.45) is 0 Å². The second-order valence-corrected chi connectivity index (χ2v) is 3.59. The smallest absolute Gasteiger partial charge is 0.110 e. The lowest BCUT2D eigenvalue weighted by molar-refractivity contribution is 0.0903. The Labute approximate surface area is 58.9 Å². The molecule has 3 fully saturated rings. The van der Waals surface area contributed by atoms with Gasteiger partial charge < -0.3 is 14.6 Å². The maximum atomic E-state index is 9.39. The molecule has 3 heteroatoms. The van der Waals surface area contributed by atoms with E-state index in [0.717, 1.165) is 19.4 Å². The molecule has 0 unspecified atom stereocenters. The number of fused-ring (bicyclic) bond motifs is 1. The summed E-state index contributed by atoms with van der Waals surface area (Å²) in [7, 11) is 0. The monoisotopic (exact) mass is 142 g/mol. The summed E-state index contributed by atoms with van der Waals surface area (Å²) in [5.41, 5.74) is 0.0388. The second-order valence-electron chi connectivity index (χ2n) is 3.59. The molecule has 2 heterocycles. The van der Waals surface area contributed by atoms with Crippen molar-refractivity contribution in [2.45, 2.75) is 36.8 Å². The first kappa shape index (κ1) is 5.52. The van der Waals surface area contributed by atoms with Gasteiger partial charge in [-0.15, -0.1) is 0 Å². The molecular weight excluding hydrogens is 132 g/mol. The standard InChI is InChI=1S/C7H10O3/c8-4-1-7(3-9-7)2-5-6(4)10-5/h4-6,8H,1-3H2/t4-,5+,6-,7+/m1/s1. The van der Waals surface area contributed by atoms with E-state index in [1.807, 2.05) is 0 Å². The van der Waals surface area contributed by atoms with Crippen LogP contribution in [-0.2, 0) is 9.47 Å². The normalized spacial score (nSPS) is 63.9. The summed E-state index contributed by atoms with van der Waals surface area (Å²) < 4.78 is 10.5. The van der Waals surface area contributed by atoms with Crippen LogP contribution in [0.4, 0.5) is 0 Å². The number of rotatable bonds is 0. The Bertz CT molecular complexity index is 176. The molecule has 1 saturated carbocycles. The van der Waals surface area contributed by atoms with E-state index < -0.39 is 0 Å². The van der Waals surface area contributed by atoms with Crippen LogP contribution in [0, 0.1) is 0 Å². The third-order valence-corrected chi connectivity index (χ3v) is 2.71. The molecular formula is C7H10O3. The molecule has 10 heavy (non-hydrogen) atoms. The predicted octanol–water partition coefficient (Wildman–Crippen LogP) is -0.323. The van der Waals surface area contributed by atoms with Gasteiger partial charge in [-0.1, -0.05) is 0 Å². The van der Waals surface area contributed by atoms with Crippen molar-refractivity contribution in [1.29, 1.82) is 0 Å². The number of aliphatic hydroxyl groups excluding tert-OH is 1. The number of hydrogen-bond donors (Lipinski definition) is 1. The Morgan fingerprint density at radius 2 is 2.20 bits per heavy atom. The van der Waals surface area contributed by atoms with E-state index in [9.17, 15) is 5.11 Å². The van der Waals surface area contributed by atoms with Crippen molar-refractivity contribution < 1.29 is 14.6 Å². The zero-order chi connectivity index (χ0) is 6.77. The third-order valence-electron chi connectivity index (χ3n) is 2.71. The predicted molar refractivity (Wildman–Crippen MR) is 32.6 cm³/mol. The fourth-order valence-electron chi connectivity index (χ4n) is 1.94. The van der Waals surface area contributed by atoms with Crippen molar-refractivity contribution >= 4 is 0 Å². The molecule has 0 aromatic carbocycles. The maximum absolute atomic E-state index is 9.39. The van der Waals surface area contributed by atoms with Crippen LogP contribution in [0.5, 0.6) is 0 Å². The first-order valence-electron chi connectivity index (χ1n) is 3.77. The molecule has 4 atom stereocenters. The van der Waals surface area contributed by atoms with Crippen molar-refractivity contribution in [3.05, 3.63) is 0 Å². The summed E-state index contributed by atoms with van der Waals surface area (Å²) in [6, 6.07) is 0. The first-order valence-corrected chi connectivity index (χ1v) is 3.77. The van der Waals surface area contributed by atoms with Crippen LogP contribution < -0.4 is 0 Å². The molecule has 56 valence electrons. The van der Waals surface area contributed by atoms with Gasteiger partial charge in [-0.05, 0) is 0 Å². The molecule has 3 rings (SSSR count). The SMILES string of the molecule is O[C@@H]1C[C@@]2(CO2)C[C@@H]2O[C@H]12. The highest BCUT2D eigenvalue weighted by atomic mass is 16.6. The van der Waals surface area contributed by atoms with Gasteiger partial charge in [0.05, 0.1) is 24.4 Å². The Kier molecular flexibility index (Phi) is 0.770. The summed E-state index contributed by atoms with van der Waals surface area (Å²) in [4.78, 5) is 0. The summed E-state index contributed by atoms with van der Waals surface area (Å²) in [6.45, 7) is 0.830. The van der Waals surface area contributed by atoms with E-state index in [0.29, 0.717) is 6.10 Å². The fraction of sp³-hybridized carbons (Fsp3) is 1.00. The largest absolute Gasteiger partial charge is 0.390 e. The lowest BCUT2D eigenvalue weighted by atomic mass is 9.88. The van der Waals surface area contributed by atoms with E-state index in [-0.39, 0.29) is 17.8 Å². The average molecular weight is 142 g/mol. The molecule has 0 amide bonds. The molecule has 0 aromatic rings. The van der Waals surface area contributed by atoms with E-state index >= 15 is 0 Å². The zero-order valence-electron chi connectivity index (χ0n) is 5.62. The number of hydrogen-bond acceptors (Lipinski definition) is 3. The summed E-state index contributed by atoms with van der Waals surface area (Å²) >= 11 is 0. The van der Waals surface area contributed by atoms with Crippen LogP contribution in [-0.4, -0.2) is 35.6 Å². The van der Waals surface area contributed by atoms with E-state index in [4.69, 9.17) is 9.47 Å². The quantitative estimate of drug-likeness (QED) is 0.471. The Morgan fingerprint density at radius 1 is 1.40 bits per heavy atom. The Morgan fingerprint density at radius 3 is 2.80 bits per heavy atom. The molecule has 1 N–H and O–H groups in total. The first-order chi connectivity index (χ1) is 4.79. The molecule has 0 bridgehead atoms. The highest BCUT2D eigenvalue weighted by molar-refractivity contribution is 5.09. The van der Waals surface area contributed by atoms with Crippen molar-refractivity contribution in [1.82, 2.24) is 0 Å². The van der Waals surface area contributed by atoms with E-state index in [1.54, 1.807) is 0 Å². The Hall–Kier alpha value is -0.120. The molecule has 3 nitrogen and oxygen atoms in total. The minimum Gasteiger partial charge on any atom is -0.390 e. The summed E-state index contributed by atoms with van der Waals surface area (Å²) in [6.07, 6.45) is 1.99. The molecule has 2 saturated heterocycles. The third kappa shape index (κ3) is 0.603. The van der Waals surface area contributed by atoms with Gasteiger partial charge in [-0.2, -0.15) is 0 Å². The van der Waals surface area contributed by atoms with Gasteiger partial charge in [0.2, 0.25) is 0 Å². The average Bonchev–Trinajstić information content (AvgIpc) is 2.71. The van der Waals surface area contributed by atoms with Gasteiger partial charge in [0.25, 0.3) is 0 Å². The fourth-order valence-corrected chi connectivity index (χ4v) is 1.94. The molecule has 1 aliphatic carbocycles. The van der Waals surface area contributed by atoms with Gasteiger partial charge in [0, 0.05) is 12.8 Å². The minimum atomic E-state index is -0.263. The lowest BCUT2D eigenvalue weighted by Gasteiger charge is -2.18. The molecule has 0 aromatic heterocycles. The van der Waals surface area contributed by atoms with Crippen LogP contribution in [0.1, 0.15) is 12.8 Å². The van der Waals surface area contributed by atoms with Crippen LogP contribution >= 0.6 is 0 Å². The molecule has 1 spiro atoms. The van der Waals surface area contributed by atoms with Gasteiger partial charge in [-0.25, -0.2) is 0 Å². The zero-order valence-corrected chi connectivity index (χ0v) is 5.62. The number of aliphatic hydroxyl groups is 1. The van der Waals surface area contributed by atoms with Crippen molar-refractivity contribution in [3.8, 4) is 0 Å². The minimum absolute atomic E-state index is 0.0388. The van der Waals surface area contributed by atoms with Gasteiger partial charge in [0.1, 0.15) is 6.10 Å². The van der Waals surface area contributed by atoms with Gasteiger partial charge in [-0.3, -0.25) is 0 Å². The summed E-state index contributed by atoms with van der Waals surface area (Å²) in [5.74, 6) is 0. The number of epoxide rings is 2. The topological polar surface area (TPSA) is 45.3 Å². The van der Waals surface area contributed by atoms with Gasteiger partial charge >= 0.3 is 0 Å². The highest BCUT2D eigenvalue weighted by Crippen LogP contribution is 2.49. The maximum Gasteiger partial charge on any atom is 0.110 e. The Balaban J connectivity index is 1.82. The van der Waals surface area contributed by atoms with E-state index in [2.05, 4.69) is 0 Å². The second kappa shape index (κ2) is 1.40. The van der Waals surface area contributed by atoms with Crippen LogP contribution in [0.15, 0.2) is 0 Å². The van der Waals surface area contributed by atoms with Crippen molar-refractivity contribution in [3.63, 3.8) is 0 Å². The molecule has 0 radical (unpaired) electrons.